The van der Waals surface area contributed by atoms with Gasteiger partial charge in [0.1, 0.15) is 22.9 Å². The maximum absolute atomic E-state index is 15.0. The Morgan fingerprint density at radius 3 is 2.79 bits per heavy atom. The molecule has 1 unspecified atom stereocenters. The Balaban J connectivity index is 0.986. The van der Waals surface area contributed by atoms with Gasteiger partial charge in [0.05, 0.1) is 31.2 Å². The van der Waals surface area contributed by atoms with Crippen molar-refractivity contribution in [3.8, 4) is 17.3 Å². The summed E-state index contributed by atoms with van der Waals surface area (Å²) in [6, 6.07) is 8.65. The Bertz CT molecular complexity index is 1750. The maximum Gasteiger partial charge on any atom is 0.309 e. The fourth-order valence-corrected chi connectivity index (χ4v) is 6.28. The summed E-state index contributed by atoms with van der Waals surface area (Å²) in [5.74, 6) is 1.22. The largest absolute Gasteiger partial charge is 0.492 e. The molecule has 4 aromatic heterocycles. The summed E-state index contributed by atoms with van der Waals surface area (Å²) >= 11 is 1.07. The zero-order valence-corrected chi connectivity index (χ0v) is 23.6. The number of morpholine rings is 1. The van der Waals surface area contributed by atoms with Crippen molar-refractivity contribution in [2.24, 2.45) is 0 Å². The highest BCUT2D eigenvalue weighted by Gasteiger charge is 2.23. The Morgan fingerprint density at radius 1 is 1.14 bits per heavy atom. The average Bonchev–Trinajstić information content (AvgIpc) is 3.76. The Labute approximate surface area is 243 Å². The van der Waals surface area contributed by atoms with Crippen LogP contribution < -0.4 is 25.6 Å². The smallest absolute Gasteiger partial charge is 0.309 e. The van der Waals surface area contributed by atoms with Crippen molar-refractivity contribution in [2.75, 3.05) is 69.7 Å². The van der Waals surface area contributed by atoms with E-state index < -0.39 is 0 Å². The molecule has 5 aromatic rings. The number of hydrogen-bond acceptors (Lipinski definition) is 12. The molecule has 42 heavy (non-hydrogen) atoms. The summed E-state index contributed by atoms with van der Waals surface area (Å²) in [6.07, 6.45) is 1.54. The number of piperazine rings is 1. The fraction of sp³-hybridized carbons (Fsp3) is 0.407. The lowest BCUT2D eigenvalue weighted by Gasteiger charge is -2.36. The van der Waals surface area contributed by atoms with E-state index in [9.17, 15) is 4.79 Å². The molecule has 0 aliphatic carbocycles. The lowest BCUT2D eigenvalue weighted by Crippen LogP contribution is -2.47. The fourth-order valence-electron chi connectivity index (χ4n) is 5.35. The molecule has 0 radical (unpaired) electrons. The molecule has 15 heteroatoms. The molecule has 2 saturated heterocycles. The first-order valence-electron chi connectivity index (χ1n) is 13.8. The number of halogens is 1. The summed E-state index contributed by atoms with van der Waals surface area (Å²) in [6.45, 7) is 6.40. The SMILES string of the molecule is Nc1nc2c(sc(=O)n2CCN2CCN(c3ccc(OCC4COCCN4)cc3F)CC2)c2nc(-c3ccco3)nn12. The molecule has 0 spiro atoms. The number of fused-ring (bicyclic) bond motifs is 3. The first-order valence-corrected chi connectivity index (χ1v) is 14.7. The molecule has 2 aliphatic heterocycles. The molecule has 2 fully saturated rings. The van der Waals surface area contributed by atoms with E-state index in [0.717, 1.165) is 31.0 Å². The van der Waals surface area contributed by atoms with E-state index in [4.69, 9.17) is 19.6 Å². The zero-order valence-electron chi connectivity index (χ0n) is 22.7. The van der Waals surface area contributed by atoms with Crippen molar-refractivity contribution in [1.29, 1.82) is 0 Å². The summed E-state index contributed by atoms with van der Waals surface area (Å²) < 4.78 is 35.3. The number of nitrogens with two attached hydrogens (primary N) is 1. The highest BCUT2D eigenvalue weighted by atomic mass is 32.1. The summed E-state index contributed by atoms with van der Waals surface area (Å²) in [7, 11) is 0. The second kappa shape index (κ2) is 11.3. The standard InChI is InChI=1S/C27H30FN9O4S/c28-19-14-18(41-16-17-15-39-13-5-30-17)3-4-20(19)35-9-6-34(7-10-35)8-11-36-24-22(42-27(36)38)25-31-23(21-2-1-12-40-21)33-37(25)26(29)32-24/h1-4,12,14,17,30H,5-11,13,15-16H2,(H2,29,32). The lowest BCUT2D eigenvalue weighted by molar-refractivity contribution is 0.0592. The van der Waals surface area contributed by atoms with Crippen LogP contribution in [0.25, 0.3) is 27.6 Å². The molecule has 2 aliphatic rings. The van der Waals surface area contributed by atoms with Crippen LogP contribution in [0.4, 0.5) is 16.0 Å². The van der Waals surface area contributed by atoms with Gasteiger partial charge in [0.15, 0.2) is 17.1 Å². The third kappa shape index (κ3) is 5.19. The zero-order chi connectivity index (χ0) is 28.6. The van der Waals surface area contributed by atoms with Crippen LogP contribution >= 0.6 is 11.3 Å². The number of aromatic nitrogens is 5. The topological polar surface area (TPSA) is 141 Å². The van der Waals surface area contributed by atoms with Gasteiger partial charge in [-0.3, -0.25) is 14.3 Å². The van der Waals surface area contributed by atoms with Gasteiger partial charge in [-0.15, -0.1) is 5.10 Å². The van der Waals surface area contributed by atoms with E-state index in [-0.39, 0.29) is 22.7 Å². The van der Waals surface area contributed by atoms with Gasteiger partial charge in [-0.2, -0.15) is 9.50 Å². The van der Waals surface area contributed by atoms with Crippen LogP contribution in [0.2, 0.25) is 0 Å². The number of anilines is 2. The molecular formula is C27H30FN9O4S. The minimum absolute atomic E-state index is 0.106. The number of nitrogens with one attached hydrogen (secondary N) is 1. The molecule has 13 nitrogen and oxygen atoms in total. The van der Waals surface area contributed by atoms with E-state index in [1.54, 1.807) is 29.0 Å². The minimum atomic E-state index is -0.302. The number of rotatable bonds is 8. The van der Waals surface area contributed by atoms with E-state index in [2.05, 4.69) is 25.3 Å². The molecule has 0 amide bonds. The quantitative estimate of drug-likeness (QED) is 0.271. The number of nitrogen functional groups attached to an aromatic ring is 1. The second-order valence-electron chi connectivity index (χ2n) is 10.3. The molecule has 0 saturated carbocycles. The van der Waals surface area contributed by atoms with Crippen molar-refractivity contribution in [2.45, 2.75) is 12.6 Å². The average molecular weight is 596 g/mol. The predicted octanol–water partition coefficient (Wildman–Crippen LogP) is 1.67. The normalized spacial score (nSPS) is 18.3. The van der Waals surface area contributed by atoms with E-state index in [1.807, 2.05) is 11.0 Å². The van der Waals surface area contributed by atoms with Crippen LogP contribution in [0.15, 0.2) is 45.8 Å². The van der Waals surface area contributed by atoms with Gasteiger partial charge >= 0.3 is 4.87 Å². The van der Waals surface area contributed by atoms with Crippen molar-refractivity contribution < 1.29 is 18.3 Å². The Morgan fingerprint density at radius 2 is 2.02 bits per heavy atom. The highest BCUT2D eigenvalue weighted by molar-refractivity contribution is 7.17. The molecule has 3 N–H and O–H groups in total. The number of hydrogen-bond donors (Lipinski definition) is 2. The minimum Gasteiger partial charge on any atom is -0.492 e. The van der Waals surface area contributed by atoms with Gasteiger partial charge in [-0.1, -0.05) is 11.3 Å². The molecule has 6 heterocycles. The van der Waals surface area contributed by atoms with E-state index in [1.165, 1.54) is 10.6 Å². The number of thiazole rings is 1. The molecule has 1 atom stereocenters. The van der Waals surface area contributed by atoms with Gasteiger partial charge in [-0.05, 0) is 24.3 Å². The van der Waals surface area contributed by atoms with Crippen LogP contribution in [-0.2, 0) is 11.3 Å². The Kier molecular flexibility index (Phi) is 7.23. The highest BCUT2D eigenvalue weighted by Crippen LogP contribution is 2.27. The number of furan rings is 1. The first-order chi connectivity index (χ1) is 20.5. The van der Waals surface area contributed by atoms with Crippen LogP contribution in [0.1, 0.15) is 0 Å². The van der Waals surface area contributed by atoms with Gasteiger partial charge in [0.2, 0.25) is 11.8 Å². The van der Waals surface area contributed by atoms with Crippen LogP contribution in [0.5, 0.6) is 5.75 Å². The second-order valence-corrected chi connectivity index (χ2v) is 11.2. The van der Waals surface area contributed by atoms with Crippen LogP contribution in [-0.4, -0.2) is 94.2 Å². The Hall–Kier alpha value is -4.05. The first kappa shape index (κ1) is 26.8. The lowest BCUT2D eigenvalue weighted by atomic mass is 10.2. The predicted molar refractivity (Wildman–Crippen MR) is 156 cm³/mol. The number of benzene rings is 1. The van der Waals surface area contributed by atoms with Gasteiger partial charge in [0, 0.05) is 51.9 Å². The molecular weight excluding hydrogens is 565 g/mol. The van der Waals surface area contributed by atoms with Crippen molar-refractivity contribution in [1.82, 2.24) is 34.4 Å². The van der Waals surface area contributed by atoms with E-state index in [0.29, 0.717) is 85.0 Å². The molecule has 0 bridgehead atoms. The third-order valence-corrected chi connectivity index (χ3v) is 8.54. The number of ether oxygens (including phenoxy) is 2. The van der Waals surface area contributed by atoms with E-state index >= 15 is 4.39 Å². The van der Waals surface area contributed by atoms with Crippen molar-refractivity contribution in [3.05, 3.63) is 52.1 Å². The molecule has 7 rings (SSSR count). The summed E-state index contributed by atoms with van der Waals surface area (Å²) in [5.41, 5.74) is 7.72. The monoisotopic (exact) mass is 595 g/mol. The van der Waals surface area contributed by atoms with Crippen molar-refractivity contribution in [3.63, 3.8) is 0 Å². The van der Waals surface area contributed by atoms with Gasteiger partial charge in [0.25, 0.3) is 0 Å². The summed E-state index contributed by atoms with van der Waals surface area (Å²) in [4.78, 5) is 26.2. The maximum atomic E-state index is 15.0. The van der Waals surface area contributed by atoms with Crippen LogP contribution in [0, 0.1) is 5.82 Å². The third-order valence-electron chi connectivity index (χ3n) is 7.58. The van der Waals surface area contributed by atoms with Gasteiger partial charge in [-0.25, -0.2) is 9.37 Å². The molecule has 1 aromatic carbocycles. The van der Waals surface area contributed by atoms with Gasteiger partial charge < -0.3 is 29.8 Å². The molecule has 220 valence electrons. The number of nitrogens with zero attached hydrogens (tertiary/aromatic N) is 7. The van der Waals surface area contributed by atoms with Crippen LogP contribution in [0.3, 0.4) is 0 Å². The van der Waals surface area contributed by atoms with Crippen molar-refractivity contribution >= 4 is 39.0 Å². The summed E-state index contributed by atoms with van der Waals surface area (Å²) in [5, 5.41) is 7.72.